The number of carbonyl (C=O) groups excluding carboxylic acids is 1. The lowest BCUT2D eigenvalue weighted by Gasteiger charge is -2.23. The molecular weight excluding hydrogens is 420 g/mol. The summed E-state index contributed by atoms with van der Waals surface area (Å²) < 4.78 is 33.1. The summed E-state index contributed by atoms with van der Waals surface area (Å²) in [5, 5.41) is 12.6. The molecule has 0 spiro atoms. The van der Waals surface area contributed by atoms with Crippen molar-refractivity contribution in [2.75, 3.05) is 0 Å². The van der Waals surface area contributed by atoms with Crippen molar-refractivity contribution in [1.82, 2.24) is 9.29 Å². The van der Waals surface area contributed by atoms with E-state index in [1.165, 1.54) is 18.2 Å². The van der Waals surface area contributed by atoms with Gasteiger partial charge in [0.25, 0.3) is 10.0 Å². The van der Waals surface area contributed by atoms with Gasteiger partial charge in [0.1, 0.15) is 5.60 Å². The maximum Gasteiger partial charge on any atom is 0.408 e. The molecule has 31 heavy (non-hydrogen) atoms. The number of aryl methyl sites for hydroxylation is 1. The molecule has 0 aliphatic rings. The molecule has 1 heterocycles. The molecule has 0 bridgehead atoms. The minimum Gasteiger partial charge on any atom is -0.479 e. The molecule has 1 aromatic heterocycles. The Kier molecular flexibility index (Phi) is 5.82. The van der Waals surface area contributed by atoms with E-state index < -0.39 is 33.7 Å². The van der Waals surface area contributed by atoms with Crippen molar-refractivity contribution in [3.05, 3.63) is 65.9 Å². The van der Waals surface area contributed by atoms with Gasteiger partial charge in [0.05, 0.1) is 16.1 Å². The monoisotopic (exact) mass is 444 g/mol. The molecule has 9 heteroatoms. The molecule has 0 radical (unpaired) electrons. The molecule has 0 saturated heterocycles. The lowest BCUT2D eigenvalue weighted by atomic mass is 10.2. The summed E-state index contributed by atoms with van der Waals surface area (Å²) in [6.45, 7) is 6.75. The fraction of sp³-hybridized carbons (Fsp3) is 0.273. The summed E-state index contributed by atoms with van der Waals surface area (Å²) in [6.07, 6.45) is -0.968. The lowest BCUT2D eigenvalue weighted by molar-refractivity contribution is -0.139. The number of benzene rings is 2. The number of nitrogens with zero attached hydrogens (tertiary/aromatic N) is 1. The van der Waals surface area contributed by atoms with E-state index in [1.54, 1.807) is 57.2 Å². The van der Waals surface area contributed by atoms with Crippen molar-refractivity contribution in [1.29, 1.82) is 0 Å². The van der Waals surface area contributed by atoms with Crippen LogP contribution in [0.3, 0.4) is 0 Å². The zero-order chi connectivity index (χ0) is 23.0. The SMILES string of the molecule is Cc1ccc(S(=O)(=O)n2c([C@@H](NC(=O)OC(C)(C)C)C(=O)O)cc3ccccc32)cc1. The van der Waals surface area contributed by atoms with Crippen LogP contribution < -0.4 is 5.32 Å². The van der Waals surface area contributed by atoms with E-state index in [0.717, 1.165) is 9.54 Å². The van der Waals surface area contributed by atoms with Gasteiger partial charge in [-0.25, -0.2) is 22.0 Å². The minimum absolute atomic E-state index is 0.00195. The fourth-order valence-electron chi connectivity index (χ4n) is 3.12. The van der Waals surface area contributed by atoms with Crippen LogP contribution in [0.5, 0.6) is 0 Å². The Labute approximate surface area is 180 Å². The Balaban J connectivity index is 2.19. The number of carboxylic acid groups (broad SMARTS) is 1. The van der Waals surface area contributed by atoms with Crippen molar-refractivity contribution in [2.24, 2.45) is 0 Å². The Morgan fingerprint density at radius 2 is 1.68 bits per heavy atom. The molecule has 0 saturated carbocycles. The van der Waals surface area contributed by atoms with E-state index in [4.69, 9.17) is 4.74 Å². The minimum atomic E-state index is -4.16. The molecule has 0 aliphatic carbocycles. The molecule has 164 valence electrons. The van der Waals surface area contributed by atoms with E-state index in [9.17, 15) is 23.1 Å². The highest BCUT2D eigenvalue weighted by Gasteiger charge is 2.33. The topological polar surface area (TPSA) is 115 Å². The first-order chi connectivity index (χ1) is 14.4. The van der Waals surface area contributed by atoms with Crippen LogP contribution in [-0.4, -0.2) is 35.2 Å². The van der Waals surface area contributed by atoms with Crippen LogP contribution in [0.2, 0.25) is 0 Å². The van der Waals surface area contributed by atoms with Crippen LogP contribution in [0.25, 0.3) is 10.9 Å². The van der Waals surface area contributed by atoms with E-state index in [-0.39, 0.29) is 10.6 Å². The van der Waals surface area contributed by atoms with Gasteiger partial charge in [-0.05, 0) is 52.0 Å². The number of fused-ring (bicyclic) bond motifs is 1. The van der Waals surface area contributed by atoms with E-state index >= 15 is 0 Å². The predicted octanol–water partition coefficient (Wildman–Crippen LogP) is 3.84. The number of carboxylic acids is 1. The maximum absolute atomic E-state index is 13.5. The standard InChI is InChI=1S/C22H24N2O6S/c1-14-9-11-16(12-10-14)31(28,29)24-17-8-6-5-7-15(17)13-18(24)19(20(25)26)23-21(27)30-22(2,3)4/h5-13,19H,1-4H3,(H,23,27)(H,25,26)/t19-/m1/s1. The quantitative estimate of drug-likeness (QED) is 0.618. The van der Waals surface area contributed by atoms with Crippen LogP contribution in [0, 0.1) is 6.92 Å². The second-order valence-electron chi connectivity index (χ2n) is 8.13. The first-order valence-electron chi connectivity index (χ1n) is 9.55. The van der Waals surface area contributed by atoms with Crippen LogP contribution in [0.1, 0.15) is 38.1 Å². The number of alkyl carbamates (subject to hydrolysis) is 1. The van der Waals surface area contributed by atoms with E-state index in [2.05, 4.69) is 5.32 Å². The number of amides is 1. The van der Waals surface area contributed by atoms with Crippen molar-refractivity contribution < 1.29 is 27.9 Å². The number of rotatable bonds is 5. The summed E-state index contributed by atoms with van der Waals surface area (Å²) in [4.78, 5) is 24.3. The second-order valence-corrected chi connectivity index (χ2v) is 9.91. The molecule has 1 atom stereocenters. The van der Waals surface area contributed by atoms with Crippen LogP contribution >= 0.6 is 0 Å². The molecule has 1 amide bonds. The number of ether oxygens (including phenoxy) is 1. The second kappa shape index (κ2) is 8.07. The normalized spacial score (nSPS) is 13.0. The molecule has 3 aromatic rings. The first-order valence-corrected chi connectivity index (χ1v) is 11.0. The maximum atomic E-state index is 13.5. The van der Waals surface area contributed by atoms with Gasteiger partial charge in [-0.3, -0.25) is 0 Å². The van der Waals surface area contributed by atoms with Gasteiger partial charge in [-0.2, -0.15) is 0 Å². The summed E-state index contributed by atoms with van der Waals surface area (Å²) in [5.74, 6) is -1.42. The zero-order valence-corrected chi connectivity index (χ0v) is 18.4. The summed E-state index contributed by atoms with van der Waals surface area (Å²) >= 11 is 0. The van der Waals surface area contributed by atoms with Gasteiger partial charge in [0.15, 0.2) is 6.04 Å². The summed E-state index contributed by atoms with van der Waals surface area (Å²) in [6, 6.07) is 12.7. The van der Waals surface area contributed by atoms with E-state index in [1.807, 2.05) is 6.92 Å². The number of para-hydroxylation sites is 1. The Morgan fingerprint density at radius 1 is 1.06 bits per heavy atom. The molecule has 0 unspecified atom stereocenters. The highest BCUT2D eigenvalue weighted by molar-refractivity contribution is 7.90. The van der Waals surface area contributed by atoms with Crippen LogP contribution in [0.4, 0.5) is 4.79 Å². The molecule has 0 aliphatic heterocycles. The predicted molar refractivity (Wildman–Crippen MR) is 115 cm³/mol. The van der Waals surface area contributed by atoms with Crippen LogP contribution in [-0.2, 0) is 19.6 Å². The third kappa shape index (κ3) is 4.72. The fourth-order valence-corrected chi connectivity index (χ4v) is 4.68. The molecule has 0 fully saturated rings. The van der Waals surface area contributed by atoms with Crippen molar-refractivity contribution >= 4 is 33.0 Å². The smallest absolute Gasteiger partial charge is 0.408 e. The molecule has 8 nitrogen and oxygen atoms in total. The van der Waals surface area contributed by atoms with Gasteiger partial charge in [-0.1, -0.05) is 35.9 Å². The Bertz CT molecular complexity index is 1240. The zero-order valence-electron chi connectivity index (χ0n) is 17.6. The van der Waals surface area contributed by atoms with Crippen molar-refractivity contribution in [3.63, 3.8) is 0 Å². The van der Waals surface area contributed by atoms with Gasteiger partial charge < -0.3 is 15.2 Å². The van der Waals surface area contributed by atoms with Gasteiger partial charge >= 0.3 is 12.1 Å². The van der Waals surface area contributed by atoms with E-state index in [0.29, 0.717) is 10.9 Å². The van der Waals surface area contributed by atoms with Crippen LogP contribution in [0.15, 0.2) is 59.5 Å². The molecule has 2 aromatic carbocycles. The number of aliphatic carboxylic acids is 1. The third-order valence-corrected chi connectivity index (χ3v) is 6.21. The largest absolute Gasteiger partial charge is 0.479 e. The number of aromatic nitrogens is 1. The van der Waals surface area contributed by atoms with Gasteiger partial charge in [-0.15, -0.1) is 0 Å². The molecular formula is C22H24N2O6S. The average Bonchev–Trinajstić information content (AvgIpc) is 3.04. The molecule has 3 rings (SSSR count). The van der Waals surface area contributed by atoms with Gasteiger partial charge in [0.2, 0.25) is 0 Å². The van der Waals surface area contributed by atoms with Gasteiger partial charge in [0, 0.05) is 5.39 Å². The summed E-state index contributed by atoms with van der Waals surface area (Å²) in [7, 11) is -4.16. The highest BCUT2D eigenvalue weighted by atomic mass is 32.2. The van der Waals surface area contributed by atoms with Crippen molar-refractivity contribution in [3.8, 4) is 0 Å². The number of hydrogen-bond donors (Lipinski definition) is 2. The first kappa shape index (κ1) is 22.4. The third-order valence-electron chi connectivity index (χ3n) is 4.46. The Hall–Kier alpha value is -3.33. The molecule has 2 N–H and O–H groups in total. The number of nitrogens with one attached hydrogen (secondary N) is 1. The lowest BCUT2D eigenvalue weighted by Crippen LogP contribution is -2.39. The highest BCUT2D eigenvalue weighted by Crippen LogP contribution is 2.30. The Morgan fingerprint density at radius 3 is 2.26 bits per heavy atom. The summed E-state index contributed by atoms with van der Waals surface area (Å²) in [5.41, 5.74) is 0.218. The van der Waals surface area contributed by atoms with Crippen molar-refractivity contribution in [2.45, 2.75) is 44.2 Å². The average molecular weight is 445 g/mol. The number of carbonyl (C=O) groups is 2. The number of hydrogen-bond acceptors (Lipinski definition) is 5.